The number of anilines is 1. The molecule has 0 saturated carbocycles. The maximum absolute atomic E-state index is 12.6. The minimum atomic E-state index is -3.93. The lowest BCUT2D eigenvalue weighted by Crippen LogP contribution is -2.22. The quantitative estimate of drug-likeness (QED) is 0.528. The predicted octanol–water partition coefficient (Wildman–Crippen LogP) is 4.73. The summed E-state index contributed by atoms with van der Waals surface area (Å²) in [4.78, 5) is 12.2. The first-order chi connectivity index (χ1) is 14.3. The molecule has 3 aromatic rings. The largest absolute Gasteiger partial charge is 0.497 e. The van der Waals surface area contributed by atoms with E-state index in [1.54, 1.807) is 7.11 Å². The minimum absolute atomic E-state index is 0.0560. The summed E-state index contributed by atoms with van der Waals surface area (Å²) in [5, 5.41) is 3.12. The number of ether oxygens (including phenoxy) is 1. The van der Waals surface area contributed by atoms with Crippen LogP contribution in [0, 0.1) is 0 Å². The fraction of sp³-hybridized carbons (Fsp3) is 0.0952. The van der Waals surface area contributed by atoms with Crippen LogP contribution in [-0.4, -0.2) is 21.4 Å². The van der Waals surface area contributed by atoms with Crippen molar-refractivity contribution in [2.75, 3.05) is 11.8 Å². The lowest BCUT2D eigenvalue weighted by molar-refractivity contribution is 0.0951. The van der Waals surface area contributed by atoms with Crippen LogP contribution in [0.3, 0.4) is 0 Å². The number of hydrogen-bond donors (Lipinski definition) is 2. The van der Waals surface area contributed by atoms with Gasteiger partial charge in [-0.05, 0) is 60.2 Å². The Morgan fingerprint density at radius 1 is 1.00 bits per heavy atom. The average molecular weight is 465 g/mol. The average Bonchev–Trinajstić information content (AvgIpc) is 2.74. The molecule has 2 N–H and O–H groups in total. The smallest absolute Gasteiger partial charge is 0.263 e. The molecule has 0 aliphatic heterocycles. The molecule has 156 valence electrons. The van der Waals surface area contributed by atoms with E-state index < -0.39 is 10.0 Å². The highest BCUT2D eigenvalue weighted by Gasteiger charge is 2.19. The minimum Gasteiger partial charge on any atom is -0.497 e. The lowest BCUT2D eigenvalue weighted by Gasteiger charge is -2.11. The third-order valence-corrected chi connectivity index (χ3v) is 6.27. The number of carbonyl (C=O) groups excluding carboxylic acids is 1. The first kappa shape index (κ1) is 22.0. The standard InChI is InChI=1S/C21H18Cl2N2O4S/c1-29-18-4-2-3-14(11-18)13-24-21(26)15-5-8-17(9-6-15)25-30(27,28)20-12-16(22)7-10-19(20)23/h2-12,25H,13H2,1H3,(H,24,26). The second kappa shape index (κ2) is 9.38. The zero-order chi connectivity index (χ0) is 21.7. The zero-order valence-electron chi connectivity index (χ0n) is 15.9. The van der Waals surface area contributed by atoms with E-state index in [-0.39, 0.29) is 26.5 Å². The summed E-state index contributed by atoms with van der Waals surface area (Å²) in [5.41, 5.74) is 1.57. The number of sulfonamides is 1. The number of benzene rings is 3. The summed E-state index contributed by atoms with van der Waals surface area (Å²) in [6, 6.07) is 17.6. The van der Waals surface area contributed by atoms with Gasteiger partial charge >= 0.3 is 0 Å². The van der Waals surface area contributed by atoms with E-state index in [0.717, 1.165) is 5.56 Å². The summed E-state index contributed by atoms with van der Waals surface area (Å²) in [7, 11) is -2.35. The molecule has 0 unspecified atom stereocenters. The maximum atomic E-state index is 12.6. The molecular weight excluding hydrogens is 447 g/mol. The molecule has 3 rings (SSSR count). The molecule has 0 aliphatic rings. The normalized spacial score (nSPS) is 11.0. The van der Waals surface area contributed by atoms with E-state index in [0.29, 0.717) is 17.9 Å². The molecule has 0 radical (unpaired) electrons. The first-order valence-electron chi connectivity index (χ1n) is 8.77. The molecule has 0 saturated heterocycles. The Morgan fingerprint density at radius 3 is 2.43 bits per heavy atom. The molecular formula is C21H18Cl2N2O4S. The predicted molar refractivity (Wildman–Crippen MR) is 118 cm³/mol. The van der Waals surface area contributed by atoms with Crippen LogP contribution < -0.4 is 14.8 Å². The van der Waals surface area contributed by atoms with E-state index in [4.69, 9.17) is 27.9 Å². The summed E-state index contributed by atoms with van der Waals surface area (Å²) in [6.45, 7) is 0.331. The molecule has 0 spiro atoms. The van der Waals surface area contributed by atoms with Gasteiger partial charge in [0.05, 0.1) is 12.1 Å². The van der Waals surface area contributed by atoms with Gasteiger partial charge in [0, 0.05) is 22.8 Å². The second-order valence-electron chi connectivity index (χ2n) is 6.29. The van der Waals surface area contributed by atoms with Crippen molar-refractivity contribution >= 4 is 44.8 Å². The highest BCUT2D eigenvalue weighted by Crippen LogP contribution is 2.27. The monoisotopic (exact) mass is 464 g/mol. The van der Waals surface area contributed by atoms with Gasteiger partial charge in [-0.2, -0.15) is 0 Å². The van der Waals surface area contributed by atoms with Gasteiger partial charge in [-0.15, -0.1) is 0 Å². The Morgan fingerprint density at radius 2 is 1.73 bits per heavy atom. The van der Waals surface area contributed by atoms with E-state index in [1.807, 2.05) is 24.3 Å². The second-order valence-corrected chi connectivity index (χ2v) is 8.79. The van der Waals surface area contributed by atoms with Gasteiger partial charge in [-0.1, -0.05) is 35.3 Å². The van der Waals surface area contributed by atoms with E-state index in [1.165, 1.54) is 42.5 Å². The molecule has 0 aromatic heterocycles. The van der Waals surface area contributed by atoms with Crippen molar-refractivity contribution in [1.29, 1.82) is 0 Å². The van der Waals surface area contributed by atoms with Crippen LogP contribution in [0.25, 0.3) is 0 Å². The van der Waals surface area contributed by atoms with Crippen molar-refractivity contribution < 1.29 is 17.9 Å². The highest BCUT2D eigenvalue weighted by atomic mass is 35.5. The number of amides is 1. The Bertz CT molecular complexity index is 1170. The Balaban J connectivity index is 1.66. The zero-order valence-corrected chi connectivity index (χ0v) is 18.2. The number of halogens is 2. The summed E-state index contributed by atoms with van der Waals surface area (Å²) in [6.07, 6.45) is 0. The Kier molecular flexibility index (Phi) is 6.87. The van der Waals surface area contributed by atoms with Gasteiger partial charge in [0.15, 0.2) is 0 Å². The first-order valence-corrected chi connectivity index (χ1v) is 11.0. The number of nitrogens with one attached hydrogen (secondary N) is 2. The van der Waals surface area contributed by atoms with Crippen LogP contribution in [-0.2, 0) is 16.6 Å². The topological polar surface area (TPSA) is 84.5 Å². The number of rotatable bonds is 7. The molecule has 0 fully saturated rings. The van der Waals surface area contributed by atoms with Crippen LogP contribution >= 0.6 is 23.2 Å². The summed E-state index contributed by atoms with van der Waals surface area (Å²) in [5.74, 6) is 0.420. The summed E-state index contributed by atoms with van der Waals surface area (Å²) < 4.78 is 32.7. The molecule has 9 heteroatoms. The van der Waals surface area contributed by atoms with Crippen LogP contribution in [0.5, 0.6) is 5.75 Å². The van der Waals surface area contributed by atoms with Crippen molar-refractivity contribution in [3.63, 3.8) is 0 Å². The fourth-order valence-corrected chi connectivity index (χ4v) is 4.47. The number of methoxy groups -OCH3 is 1. The SMILES string of the molecule is COc1cccc(CNC(=O)c2ccc(NS(=O)(=O)c3cc(Cl)ccc3Cl)cc2)c1. The van der Waals surface area contributed by atoms with Gasteiger partial charge in [0.2, 0.25) is 0 Å². The Labute approximate surface area is 184 Å². The molecule has 0 aliphatic carbocycles. The third kappa shape index (κ3) is 5.44. The third-order valence-electron chi connectivity index (χ3n) is 4.17. The van der Waals surface area contributed by atoms with Gasteiger partial charge < -0.3 is 10.1 Å². The summed E-state index contributed by atoms with van der Waals surface area (Å²) >= 11 is 11.8. The van der Waals surface area contributed by atoms with Crippen molar-refractivity contribution in [2.45, 2.75) is 11.4 Å². The van der Waals surface area contributed by atoms with Crippen LogP contribution in [0.2, 0.25) is 10.0 Å². The number of hydrogen-bond acceptors (Lipinski definition) is 4. The molecule has 0 bridgehead atoms. The fourth-order valence-electron chi connectivity index (χ4n) is 2.65. The molecule has 1 amide bonds. The van der Waals surface area contributed by atoms with Gasteiger partial charge in [0.25, 0.3) is 15.9 Å². The molecule has 0 heterocycles. The van der Waals surface area contributed by atoms with E-state index >= 15 is 0 Å². The molecule has 6 nitrogen and oxygen atoms in total. The van der Waals surface area contributed by atoms with Crippen molar-refractivity contribution in [3.8, 4) is 5.75 Å². The van der Waals surface area contributed by atoms with Crippen molar-refractivity contribution in [3.05, 3.63) is 87.9 Å². The van der Waals surface area contributed by atoms with Crippen molar-refractivity contribution in [1.82, 2.24) is 5.32 Å². The van der Waals surface area contributed by atoms with Crippen molar-refractivity contribution in [2.24, 2.45) is 0 Å². The highest BCUT2D eigenvalue weighted by molar-refractivity contribution is 7.92. The van der Waals surface area contributed by atoms with Gasteiger partial charge in [-0.3, -0.25) is 9.52 Å². The lowest BCUT2D eigenvalue weighted by atomic mass is 10.1. The van der Waals surface area contributed by atoms with E-state index in [9.17, 15) is 13.2 Å². The van der Waals surface area contributed by atoms with Crippen LogP contribution in [0.4, 0.5) is 5.69 Å². The Hall–Kier alpha value is -2.74. The van der Waals surface area contributed by atoms with Gasteiger partial charge in [-0.25, -0.2) is 8.42 Å². The number of carbonyl (C=O) groups is 1. The molecule has 0 atom stereocenters. The molecule has 3 aromatic carbocycles. The van der Waals surface area contributed by atoms with E-state index in [2.05, 4.69) is 10.0 Å². The van der Waals surface area contributed by atoms with Crippen LogP contribution in [0.15, 0.2) is 71.6 Å². The van der Waals surface area contributed by atoms with Crippen LogP contribution in [0.1, 0.15) is 15.9 Å². The van der Waals surface area contributed by atoms with Gasteiger partial charge in [0.1, 0.15) is 10.6 Å². The maximum Gasteiger partial charge on any atom is 0.263 e. The molecule has 30 heavy (non-hydrogen) atoms.